The van der Waals surface area contributed by atoms with Crippen molar-refractivity contribution in [2.75, 3.05) is 10.0 Å². The molecule has 0 amide bonds. The van der Waals surface area contributed by atoms with Gasteiger partial charge in [0.25, 0.3) is 10.0 Å². The second-order valence-corrected chi connectivity index (χ2v) is 9.47. The van der Waals surface area contributed by atoms with E-state index in [4.69, 9.17) is 34.8 Å². The lowest BCUT2D eigenvalue weighted by Crippen LogP contribution is -2.13. The third kappa shape index (κ3) is 5.02. The van der Waals surface area contributed by atoms with Crippen LogP contribution in [0.25, 0.3) is 0 Å². The summed E-state index contributed by atoms with van der Waals surface area (Å²) in [7, 11) is -3.75. The Kier molecular flexibility index (Phi) is 5.94. The molecular formula is C16H12Cl3N3O2S2. The van der Waals surface area contributed by atoms with Crippen LogP contribution in [0.1, 0.15) is 4.88 Å². The molecule has 3 rings (SSSR count). The van der Waals surface area contributed by atoms with Crippen LogP contribution in [-0.4, -0.2) is 13.4 Å². The number of hydrogen-bond donors (Lipinski definition) is 2. The molecule has 0 aliphatic carbocycles. The van der Waals surface area contributed by atoms with Gasteiger partial charge in [0.05, 0.1) is 17.1 Å². The number of benzene rings is 2. The quantitative estimate of drug-likeness (QED) is 0.521. The van der Waals surface area contributed by atoms with Gasteiger partial charge < -0.3 is 5.32 Å². The number of nitrogens with one attached hydrogen (secondary N) is 2. The van der Waals surface area contributed by atoms with Crippen LogP contribution in [0.5, 0.6) is 0 Å². The molecule has 0 saturated heterocycles. The summed E-state index contributed by atoms with van der Waals surface area (Å²) in [6, 6.07) is 10.9. The van der Waals surface area contributed by atoms with Crippen molar-refractivity contribution in [3.8, 4) is 0 Å². The molecule has 0 atom stereocenters. The number of anilines is 2. The molecule has 10 heteroatoms. The van der Waals surface area contributed by atoms with Gasteiger partial charge in [0.1, 0.15) is 0 Å². The molecule has 2 N–H and O–H groups in total. The summed E-state index contributed by atoms with van der Waals surface area (Å²) in [5.41, 5.74) is 1.08. The van der Waals surface area contributed by atoms with E-state index in [9.17, 15) is 8.42 Å². The van der Waals surface area contributed by atoms with E-state index >= 15 is 0 Å². The molecule has 2 aromatic carbocycles. The van der Waals surface area contributed by atoms with Gasteiger partial charge in [-0.25, -0.2) is 13.4 Å². The van der Waals surface area contributed by atoms with Crippen LogP contribution >= 0.6 is 46.1 Å². The number of hydrogen-bond acceptors (Lipinski definition) is 5. The van der Waals surface area contributed by atoms with Crippen LogP contribution in [-0.2, 0) is 16.6 Å². The van der Waals surface area contributed by atoms with Crippen molar-refractivity contribution in [1.82, 2.24) is 4.98 Å². The second-order valence-electron chi connectivity index (χ2n) is 5.22. The molecule has 1 heterocycles. The molecule has 0 unspecified atom stereocenters. The Morgan fingerprint density at radius 1 is 0.962 bits per heavy atom. The van der Waals surface area contributed by atoms with Crippen LogP contribution in [0, 0.1) is 0 Å². The molecule has 1 aromatic heterocycles. The Morgan fingerprint density at radius 3 is 2.19 bits per heavy atom. The molecule has 5 nitrogen and oxygen atoms in total. The largest absolute Gasteiger partial charge is 0.380 e. The van der Waals surface area contributed by atoms with Crippen LogP contribution in [0.3, 0.4) is 0 Å². The van der Waals surface area contributed by atoms with Gasteiger partial charge >= 0.3 is 0 Å². The molecule has 0 radical (unpaired) electrons. The van der Waals surface area contributed by atoms with E-state index in [2.05, 4.69) is 15.0 Å². The summed E-state index contributed by atoms with van der Waals surface area (Å²) in [4.78, 5) is 5.07. The van der Waals surface area contributed by atoms with Crippen molar-refractivity contribution in [1.29, 1.82) is 0 Å². The Balaban J connectivity index is 1.70. The highest BCUT2D eigenvalue weighted by Crippen LogP contribution is 2.25. The third-order valence-electron chi connectivity index (χ3n) is 3.27. The van der Waals surface area contributed by atoms with Crippen molar-refractivity contribution in [3.63, 3.8) is 0 Å². The minimum Gasteiger partial charge on any atom is -0.380 e. The average Bonchev–Trinajstić information content (AvgIpc) is 2.97. The average molecular weight is 449 g/mol. The number of rotatable bonds is 6. The van der Waals surface area contributed by atoms with Crippen molar-refractivity contribution in [3.05, 3.63) is 68.1 Å². The molecular weight excluding hydrogens is 437 g/mol. The van der Waals surface area contributed by atoms with E-state index in [1.807, 2.05) is 0 Å². The number of aromatic nitrogens is 1. The van der Waals surface area contributed by atoms with Crippen LogP contribution in [0.2, 0.25) is 14.5 Å². The summed E-state index contributed by atoms with van der Waals surface area (Å²) < 4.78 is 27.9. The lowest BCUT2D eigenvalue weighted by molar-refractivity contribution is 0.601. The first kappa shape index (κ1) is 19.3. The van der Waals surface area contributed by atoms with Crippen molar-refractivity contribution >= 4 is 67.5 Å². The summed E-state index contributed by atoms with van der Waals surface area (Å²) in [5, 5.41) is 3.87. The fourth-order valence-corrected chi connectivity index (χ4v) is 4.62. The molecule has 0 aliphatic heterocycles. The van der Waals surface area contributed by atoms with Gasteiger partial charge in [-0.1, -0.05) is 34.8 Å². The van der Waals surface area contributed by atoms with Gasteiger partial charge in [-0.15, -0.1) is 11.3 Å². The zero-order valence-corrected chi connectivity index (χ0v) is 16.9. The first-order valence-electron chi connectivity index (χ1n) is 7.25. The molecule has 0 saturated carbocycles. The lowest BCUT2D eigenvalue weighted by Gasteiger charge is -2.10. The van der Waals surface area contributed by atoms with Crippen LogP contribution in [0.4, 0.5) is 11.4 Å². The highest BCUT2D eigenvalue weighted by molar-refractivity contribution is 7.92. The second kappa shape index (κ2) is 8.02. The van der Waals surface area contributed by atoms with E-state index in [0.717, 1.165) is 10.6 Å². The smallest absolute Gasteiger partial charge is 0.261 e. The number of sulfonamides is 1. The molecule has 0 bridgehead atoms. The molecule has 136 valence electrons. The van der Waals surface area contributed by atoms with E-state index in [1.54, 1.807) is 18.3 Å². The standard InChI is InChI=1S/C16H12Cl3N3O2S2/c17-10-5-11(18)7-13(6-10)22-26(23,24)15-3-1-12(2-4-15)20-8-14-9-21-16(19)25-14/h1-7,9,20,22H,8H2. The summed E-state index contributed by atoms with van der Waals surface area (Å²) in [6.07, 6.45) is 1.69. The Bertz CT molecular complexity index is 1000. The Labute approximate surface area is 170 Å². The Hall–Kier alpha value is -1.51. The molecule has 0 spiro atoms. The first-order valence-corrected chi connectivity index (χ1v) is 10.7. The fourth-order valence-electron chi connectivity index (χ4n) is 2.13. The zero-order valence-electron chi connectivity index (χ0n) is 13.0. The molecule has 0 fully saturated rings. The molecule has 26 heavy (non-hydrogen) atoms. The fraction of sp³-hybridized carbons (Fsp3) is 0.0625. The first-order chi connectivity index (χ1) is 12.3. The maximum atomic E-state index is 12.5. The SMILES string of the molecule is O=S(=O)(Nc1cc(Cl)cc(Cl)c1)c1ccc(NCc2cnc(Cl)s2)cc1. The number of halogens is 3. The van der Waals surface area contributed by atoms with Gasteiger partial charge in [0.2, 0.25) is 0 Å². The van der Waals surface area contributed by atoms with Crippen molar-refractivity contribution in [2.45, 2.75) is 11.4 Å². The minimum atomic E-state index is -3.75. The zero-order chi connectivity index (χ0) is 18.7. The lowest BCUT2D eigenvalue weighted by atomic mass is 10.3. The summed E-state index contributed by atoms with van der Waals surface area (Å²) in [6.45, 7) is 0.551. The van der Waals surface area contributed by atoms with Crippen molar-refractivity contribution in [2.24, 2.45) is 0 Å². The molecule has 3 aromatic rings. The van der Waals surface area contributed by atoms with Crippen molar-refractivity contribution < 1.29 is 8.42 Å². The van der Waals surface area contributed by atoms with E-state index < -0.39 is 10.0 Å². The Morgan fingerprint density at radius 2 is 1.62 bits per heavy atom. The third-order valence-corrected chi connectivity index (χ3v) is 6.22. The summed E-state index contributed by atoms with van der Waals surface area (Å²) in [5.74, 6) is 0. The van der Waals surface area contributed by atoms with Crippen LogP contribution < -0.4 is 10.0 Å². The van der Waals surface area contributed by atoms with E-state index in [-0.39, 0.29) is 4.90 Å². The van der Waals surface area contributed by atoms with Gasteiger partial charge in [-0.2, -0.15) is 0 Å². The molecule has 0 aliphatic rings. The van der Waals surface area contributed by atoms with E-state index in [1.165, 1.54) is 41.7 Å². The number of nitrogens with zero attached hydrogens (tertiary/aromatic N) is 1. The predicted octanol–water partition coefficient (Wildman–Crippen LogP) is 5.52. The van der Waals surface area contributed by atoms with Crippen LogP contribution in [0.15, 0.2) is 53.6 Å². The van der Waals surface area contributed by atoms with E-state index in [0.29, 0.717) is 26.7 Å². The normalized spacial score (nSPS) is 11.3. The van der Waals surface area contributed by atoms with Gasteiger partial charge in [0, 0.05) is 26.8 Å². The highest BCUT2D eigenvalue weighted by atomic mass is 35.5. The summed E-state index contributed by atoms with van der Waals surface area (Å²) >= 11 is 19.0. The van der Waals surface area contributed by atoms with Gasteiger partial charge in [-0.3, -0.25) is 4.72 Å². The maximum absolute atomic E-state index is 12.5. The topological polar surface area (TPSA) is 71.1 Å². The maximum Gasteiger partial charge on any atom is 0.261 e. The monoisotopic (exact) mass is 447 g/mol. The minimum absolute atomic E-state index is 0.125. The van der Waals surface area contributed by atoms with Gasteiger partial charge in [-0.05, 0) is 42.5 Å². The van der Waals surface area contributed by atoms with Gasteiger partial charge in [0.15, 0.2) is 4.47 Å². The number of thiazole rings is 1. The predicted molar refractivity (Wildman–Crippen MR) is 108 cm³/mol. The highest BCUT2D eigenvalue weighted by Gasteiger charge is 2.14.